The summed E-state index contributed by atoms with van der Waals surface area (Å²) in [6.07, 6.45) is 3.47. The molecule has 9 nitrogen and oxygen atoms in total. The van der Waals surface area contributed by atoms with Gasteiger partial charge in [-0.1, -0.05) is 12.1 Å². The molecule has 0 bridgehead atoms. The molecule has 2 aromatic heterocycles. The van der Waals surface area contributed by atoms with E-state index in [2.05, 4.69) is 25.1 Å². The quantitative estimate of drug-likeness (QED) is 0.538. The number of hydrogen-bond acceptors (Lipinski definition) is 7. The molecule has 1 aromatic carbocycles. The molecule has 0 amide bonds. The van der Waals surface area contributed by atoms with Crippen molar-refractivity contribution in [3.05, 3.63) is 36.7 Å². The normalized spacial score (nSPS) is 11.6. The van der Waals surface area contributed by atoms with Crippen molar-refractivity contribution in [2.75, 3.05) is 29.8 Å². The number of nitrogens with one attached hydrogen (secondary N) is 2. The summed E-state index contributed by atoms with van der Waals surface area (Å²) in [6.45, 7) is 3.79. The lowest BCUT2D eigenvalue weighted by Crippen LogP contribution is -2.17. The number of hydrogen-bond donors (Lipinski definition) is 2. The van der Waals surface area contributed by atoms with Gasteiger partial charge in [-0.2, -0.15) is 5.10 Å². The van der Waals surface area contributed by atoms with Gasteiger partial charge >= 0.3 is 0 Å². The van der Waals surface area contributed by atoms with Gasteiger partial charge in [0.1, 0.15) is 4.90 Å². The van der Waals surface area contributed by atoms with Crippen LogP contribution in [-0.2, 0) is 21.8 Å². The highest BCUT2D eigenvalue weighted by atomic mass is 32.2. The first-order valence-corrected chi connectivity index (χ1v) is 10.1. The van der Waals surface area contributed by atoms with Gasteiger partial charge in [0.25, 0.3) is 10.0 Å². The Balaban J connectivity index is 1.88. The van der Waals surface area contributed by atoms with Gasteiger partial charge < -0.3 is 10.1 Å². The SMILES string of the molecule is CCOCCCNc1nc2ccccc2nc1NS(=O)(=O)c1cnn(C)c1. The summed E-state index contributed by atoms with van der Waals surface area (Å²) in [7, 11) is -2.17. The molecule has 27 heavy (non-hydrogen) atoms. The number of para-hydroxylation sites is 2. The van der Waals surface area contributed by atoms with E-state index in [1.165, 1.54) is 17.1 Å². The molecule has 0 aliphatic rings. The van der Waals surface area contributed by atoms with E-state index < -0.39 is 10.0 Å². The number of benzene rings is 1. The summed E-state index contributed by atoms with van der Waals surface area (Å²) in [5.74, 6) is 0.520. The molecular weight excluding hydrogens is 368 g/mol. The van der Waals surface area contributed by atoms with Crippen LogP contribution in [0.1, 0.15) is 13.3 Å². The number of rotatable bonds is 9. The lowest BCUT2D eigenvalue weighted by molar-refractivity contribution is 0.147. The van der Waals surface area contributed by atoms with Gasteiger partial charge in [-0.25, -0.2) is 18.4 Å². The van der Waals surface area contributed by atoms with Crippen LogP contribution in [-0.4, -0.2) is 47.9 Å². The second-order valence-electron chi connectivity index (χ2n) is 5.84. The van der Waals surface area contributed by atoms with E-state index in [4.69, 9.17) is 4.74 Å². The van der Waals surface area contributed by atoms with Crippen molar-refractivity contribution >= 4 is 32.7 Å². The Morgan fingerprint density at radius 3 is 2.48 bits per heavy atom. The van der Waals surface area contributed by atoms with Crippen LogP contribution in [0.3, 0.4) is 0 Å². The van der Waals surface area contributed by atoms with Crippen molar-refractivity contribution in [2.24, 2.45) is 7.05 Å². The predicted molar refractivity (Wildman–Crippen MR) is 103 cm³/mol. The second-order valence-corrected chi connectivity index (χ2v) is 7.52. The number of anilines is 2. The van der Waals surface area contributed by atoms with Gasteiger partial charge in [0, 0.05) is 33.0 Å². The average Bonchev–Trinajstić information content (AvgIpc) is 3.09. The topological polar surface area (TPSA) is 111 Å². The minimum absolute atomic E-state index is 0.0576. The Bertz CT molecular complexity index is 1020. The second kappa shape index (κ2) is 8.31. The van der Waals surface area contributed by atoms with E-state index >= 15 is 0 Å². The first-order chi connectivity index (χ1) is 13.0. The molecule has 144 valence electrons. The Hall–Kier alpha value is -2.72. The summed E-state index contributed by atoms with van der Waals surface area (Å²) in [5, 5.41) is 7.05. The van der Waals surface area contributed by atoms with E-state index in [0.717, 1.165) is 6.42 Å². The fourth-order valence-electron chi connectivity index (χ4n) is 2.44. The molecule has 0 saturated heterocycles. The molecule has 2 heterocycles. The smallest absolute Gasteiger partial charge is 0.266 e. The zero-order valence-electron chi connectivity index (χ0n) is 15.2. The van der Waals surface area contributed by atoms with E-state index in [1.54, 1.807) is 13.1 Å². The maximum atomic E-state index is 12.6. The van der Waals surface area contributed by atoms with Crippen LogP contribution in [0.2, 0.25) is 0 Å². The number of sulfonamides is 1. The number of ether oxygens (including phenoxy) is 1. The van der Waals surface area contributed by atoms with Crippen LogP contribution in [0, 0.1) is 0 Å². The third kappa shape index (κ3) is 4.72. The van der Waals surface area contributed by atoms with E-state index in [9.17, 15) is 8.42 Å². The van der Waals surface area contributed by atoms with Gasteiger partial charge in [-0.3, -0.25) is 9.40 Å². The predicted octanol–water partition coefficient (Wildman–Crippen LogP) is 2.00. The summed E-state index contributed by atoms with van der Waals surface area (Å²) in [6, 6.07) is 7.29. The molecule has 0 fully saturated rings. The van der Waals surface area contributed by atoms with Crippen LogP contribution in [0.4, 0.5) is 11.6 Å². The van der Waals surface area contributed by atoms with Crippen molar-refractivity contribution in [3.63, 3.8) is 0 Å². The van der Waals surface area contributed by atoms with Gasteiger partial charge in [0.2, 0.25) is 0 Å². The van der Waals surface area contributed by atoms with Gasteiger partial charge in [0.05, 0.1) is 17.2 Å². The molecule has 0 aliphatic carbocycles. The Morgan fingerprint density at radius 2 is 1.85 bits per heavy atom. The average molecular weight is 390 g/mol. The highest BCUT2D eigenvalue weighted by Crippen LogP contribution is 2.24. The van der Waals surface area contributed by atoms with E-state index in [0.29, 0.717) is 36.6 Å². The summed E-state index contributed by atoms with van der Waals surface area (Å²) in [4.78, 5) is 9.01. The van der Waals surface area contributed by atoms with E-state index in [-0.39, 0.29) is 10.7 Å². The Labute approximate surface area is 157 Å². The number of aryl methyl sites for hydroxylation is 1. The fourth-order valence-corrected chi connectivity index (χ4v) is 3.44. The zero-order chi connectivity index (χ0) is 19.3. The largest absolute Gasteiger partial charge is 0.382 e. The van der Waals surface area contributed by atoms with Gasteiger partial charge in [-0.05, 0) is 25.5 Å². The first kappa shape index (κ1) is 19.1. The summed E-state index contributed by atoms with van der Waals surface area (Å²) < 4.78 is 34.5. The molecule has 0 aliphatic heterocycles. The number of aromatic nitrogens is 4. The van der Waals surface area contributed by atoms with Crippen LogP contribution in [0.5, 0.6) is 0 Å². The minimum Gasteiger partial charge on any atom is -0.382 e. The molecule has 0 atom stereocenters. The van der Waals surface area contributed by atoms with Crippen molar-refractivity contribution < 1.29 is 13.2 Å². The highest BCUT2D eigenvalue weighted by Gasteiger charge is 2.20. The fraction of sp³-hybridized carbons (Fsp3) is 0.353. The molecule has 3 aromatic rings. The molecule has 3 rings (SSSR count). The maximum absolute atomic E-state index is 12.6. The molecule has 0 unspecified atom stereocenters. The van der Waals surface area contributed by atoms with Crippen molar-refractivity contribution in [3.8, 4) is 0 Å². The van der Waals surface area contributed by atoms with Crippen molar-refractivity contribution in [2.45, 2.75) is 18.2 Å². The molecule has 0 spiro atoms. The molecule has 10 heteroatoms. The van der Waals surface area contributed by atoms with Crippen LogP contribution in [0.25, 0.3) is 11.0 Å². The lowest BCUT2D eigenvalue weighted by atomic mass is 10.3. The van der Waals surface area contributed by atoms with Gasteiger partial charge in [0.15, 0.2) is 11.6 Å². The Kier molecular flexibility index (Phi) is 5.87. The molecular formula is C17H22N6O3S. The van der Waals surface area contributed by atoms with Crippen LogP contribution in [0.15, 0.2) is 41.6 Å². The van der Waals surface area contributed by atoms with Crippen molar-refractivity contribution in [1.82, 2.24) is 19.7 Å². The summed E-state index contributed by atoms with van der Waals surface area (Å²) in [5.41, 5.74) is 1.27. The third-order valence-corrected chi connectivity index (χ3v) is 5.05. The molecule has 2 N–H and O–H groups in total. The first-order valence-electron chi connectivity index (χ1n) is 8.59. The van der Waals surface area contributed by atoms with Crippen molar-refractivity contribution in [1.29, 1.82) is 0 Å². The number of fused-ring (bicyclic) bond motifs is 1. The standard InChI is InChI=1S/C17H22N6O3S/c1-3-26-10-6-9-18-16-17(21-15-8-5-4-7-14(15)20-16)22-27(24,25)13-11-19-23(2)12-13/h4-5,7-8,11-12H,3,6,9-10H2,1-2H3,(H,18,20)(H,21,22). The van der Waals surface area contributed by atoms with E-state index in [1.807, 2.05) is 25.1 Å². The minimum atomic E-state index is -3.82. The maximum Gasteiger partial charge on any atom is 0.266 e. The van der Waals surface area contributed by atoms with Crippen LogP contribution < -0.4 is 10.0 Å². The molecule has 0 radical (unpaired) electrons. The highest BCUT2D eigenvalue weighted by molar-refractivity contribution is 7.92. The number of nitrogens with zero attached hydrogens (tertiary/aromatic N) is 4. The molecule has 0 saturated carbocycles. The Morgan fingerprint density at radius 1 is 1.15 bits per heavy atom. The summed E-state index contributed by atoms with van der Waals surface area (Å²) >= 11 is 0. The lowest BCUT2D eigenvalue weighted by Gasteiger charge is -2.13. The third-order valence-electron chi connectivity index (χ3n) is 3.76. The monoisotopic (exact) mass is 390 g/mol. The van der Waals surface area contributed by atoms with Gasteiger partial charge in [-0.15, -0.1) is 0 Å². The zero-order valence-corrected chi connectivity index (χ0v) is 16.0. The van der Waals surface area contributed by atoms with Crippen LogP contribution >= 0.6 is 0 Å².